The van der Waals surface area contributed by atoms with E-state index >= 15 is 0 Å². The number of pyridine rings is 1. The van der Waals surface area contributed by atoms with Crippen LogP contribution in [0.4, 0.5) is 5.82 Å². The lowest BCUT2D eigenvalue weighted by atomic mass is 10.2. The van der Waals surface area contributed by atoms with Crippen molar-refractivity contribution in [3.8, 4) is 0 Å². The van der Waals surface area contributed by atoms with Gasteiger partial charge in [0.1, 0.15) is 5.69 Å². The molecule has 6 nitrogen and oxygen atoms in total. The normalized spacial score (nSPS) is 12.7. The fourth-order valence-corrected chi connectivity index (χ4v) is 2.74. The first-order chi connectivity index (χ1) is 9.13. The van der Waals surface area contributed by atoms with Crippen molar-refractivity contribution in [2.24, 2.45) is 5.92 Å². The molecule has 2 heterocycles. The van der Waals surface area contributed by atoms with Crippen molar-refractivity contribution in [2.75, 3.05) is 12.4 Å². The van der Waals surface area contributed by atoms with Gasteiger partial charge in [0.2, 0.25) is 5.65 Å². The standard InChI is InChI=1S/C12H15N3O3S/c1-9(6-16)7-19-8-10-12(15(17)18)14-5-3-2-4-11(14)13-10/h2-5,9,16H,6-8H2,1H3. The molecule has 0 saturated heterocycles. The highest BCUT2D eigenvalue weighted by molar-refractivity contribution is 7.98. The molecule has 0 bridgehead atoms. The molecule has 2 rings (SSSR count). The zero-order valence-corrected chi connectivity index (χ0v) is 11.3. The van der Waals surface area contributed by atoms with E-state index in [2.05, 4.69) is 4.98 Å². The minimum absolute atomic E-state index is 0.0275. The number of aromatic nitrogens is 2. The van der Waals surface area contributed by atoms with E-state index in [0.717, 1.165) is 5.75 Å². The number of aliphatic hydroxyl groups is 1. The number of fused-ring (bicyclic) bond motifs is 1. The van der Waals surface area contributed by atoms with Gasteiger partial charge in [0.05, 0.1) is 6.20 Å². The molecule has 1 N–H and O–H groups in total. The molecule has 0 aliphatic heterocycles. The van der Waals surface area contributed by atoms with Crippen molar-refractivity contribution in [2.45, 2.75) is 12.7 Å². The molecule has 102 valence electrons. The van der Waals surface area contributed by atoms with Crippen LogP contribution in [0.25, 0.3) is 5.65 Å². The van der Waals surface area contributed by atoms with Crippen LogP contribution >= 0.6 is 11.8 Å². The number of imidazole rings is 1. The van der Waals surface area contributed by atoms with Crippen LogP contribution in [0.5, 0.6) is 0 Å². The number of aliphatic hydroxyl groups excluding tert-OH is 1. The fraction of sp³-hybridized carbons (Fsp3) is 0.417. The lowest BCUT2D eigenvalue weighted by Gasteiger charge is -2.05. The summed E-state index contributed by atoms with van der Waals surface area (Å²) in [6.07, 6.45) is 1.64. The third kappa shape index (κ3) is 3.05. The first-order valence-corrected chi connectivity index (χ1v) is 7.08. The van der Waals surface area contributed by atoms with Gasteiger partial charge in [0.15, 0.2) is 0 Å². The van der Waals surface area contributed by atoms with E-state index in [9.17, 15) is 10.1 Å². The molecule has 7 heteroatoms. The summed E-state index contributed by atoms with van der Waals surface area (Å²) >= 11 is 1.55. The minimum Gasteiger partial charge on any atom is -0.396 e. The monoisotopic (exact) mass is 281 g/mol. The van der Waals surface area contributed by atoms with Gasteiger partial charge in [0.25, 0.3) is 0 Å². The number of hydrogen-bond donors (Lipinski definition) is 1. The third-order valence-electron chi connectivity index (χ3n) is 2.70. The van der Waals surface area contributed by atoms with Gasteiger partial charge < -0.3 is 15.2 Å². The van der Waals surface area contributed by atoms with Gasteiger partial charge in [0, 0.05) is 18.4 Å². The van der Waals surface area contributed by atoms with Gasteiger partial charge in [-0.1, -0.05) is 13.0 Å². The van der Waals surface area contributed by atoms with E-state index in [4.69, 9.17) is 5.11 Å². The maximum absolute atomic E-state index is 11.1. The zero-order valence-electron chi connectivity index (χ0n) is 10.5. The highest BCUT2D eigenvalue weighted by atomic mass is 32.2. The summed E-state index contributed by atoms with van der Waals surface area (Å²) in [4.78, 5) is 15.0. The zero-order chi connectivity index (χ0) is 13.8. The van der Waals surface area contributed by atoms with Gasteiger partial charge in [-0.3, -0.25) is 0 Å². The lowest BCUT2D eigenvalue weighted by molar-refractivity contribution is -0.391. The van der Waals surface area contributed by atoms with Crippen LogP contribution < -0.4 is 0 Å². The molecule has 2 aromatic rings. The molecule has 0 amide bonds. The molecular weight excluding hydrogens is 266 g/mol. The van der Waals surface area contributed by atoms with Gasteiger partial charge >= 0.3 is 5.82 Å². The molecule has 2 aromatic heterocycles. The Hall–Kier alpha value is -1.60. The molecule has 0 saturated carbocycles. The van der Waals surface area contributed by atoms with Crippen LogP contribution in [0.2, 0.25) is 0 Å². The quantitative estimate of drug-likeness (QED) is 0.648. The second-order valence-corrected chi connectivity index (χ2v) is 5.40. The first-order valence-electron chi connectivity index (χ1n) is 5.92. The highest BCUT2D eigenvalue weighted by Gasteiger charge is 2.21. The van der Waals surface area contributed by atoms with Gasteiger partial charge in [-0.15, -0.1) is 0 Å². The van der Waals surface area contributed by atoms with Gasteiger partial charge in [-0.05, 0) is 22.7 Å². The minimum atomic E-state index is -0.397. The highest BCUT2D eigenvalue weighted by Crippen LogP contribution is 2.25. The largest absolute Gasteiger partial charge is 0.396 e. The van der Waals surface area contributed by atoms with Gasteiger partial charge in [-0.25, -0.2) is 4.98 Å². The lowest BCUT2D eigenvalue weighted by Crippen LogP contribution is -2.04. The van der Waals surface area contributed by atoms with Crippen LogP contribution in [0.1, 0.15) is 12.6 Å². The molecule has 0 radical (unpaired) electrons. The van der Waals surface area contributed by atoms with Crippen molar-refractivity contribution >= 4 is 23.2 Å². The van der Waals surface area contributed by atoms with Crippen molar-refractivity contribution in [1.29, 1.82) is 0 Å². The molecule has 0 aliphatic rings. The Bertz CT molecular complexity index is 585. The first kappa shape index (κ1) is 13.8. The summed E-state index contributed by atoms with van der Waals surface area (Å²) in [7, 11) is 0. The number of thioether (sulfide) groups is 1. The molecule has 0 aromatic carbocycles. The predicted molar refractivity (Wildman–Crippen MR) is 74.3 cm³/mol. The number of hydrogen-bond acceptors (Lipinski definition) is 5. The van der Waals surface area contributed by atoms with Crippen LogP contribution in [-0.2, 0) is 5.75 Å². The number of rotatable bonds is 6. The Morgan fingerprint density at radius 1 is 1.58 bits per heavy atom. The molecular formula is C12H15N3O3S. The van der Waals surface area contributed by atoms with Gasteiger partial charge in [-0.2, -0.15) is 16.2 Å². The van der Waals surface area contributed by atoms with E-state index in [1.165, 1.54) is 4.40 Å². The Balaban J connectivity index is 2.22. The van der Waals surface area contributed by atoms with Crippen molar-refractivity contribution in [3.05, 3.63) is 40.2 Å². The smallest absolute Gasteiger partial charge is 0.351 e. The summed E-state index contributed by atoms with van der Waals surface area (Å²) in [5.41, 5.74) is 1.06. The molecule has 19 heavy (non-hydrogen) atoms. The molecule has 0 fully saturated rings. The maximum atomic E-state index is 11.1. The van der Waals surface area contributed by atoms with Crippen LogP contribution in [0, 0.1) is 16.0 Å². The Kier molecular flexibility index (Phi) is 4.39. The summed E-state index contributed by atoms with van der Waals surface area (Å²) in [5, 5.41) is 20.1. The third-order valence-corrected chi connectivity index (χ3v) is 3.98. The predicted octanol–water partition coefficient (Wildman–Crippen LogP) is 2.10. The van der Waals surface area contributed by atoms with Crippen molar-refractivity contribution in [1.82, 2.24) is 9.38 Å². The average molecular weight is 281 g/mol. The Labute approximate surface area is 114 Å². The van der Waals surface area contributed by atoms with Crippen molar-refractivity contribution in [3.63, 3.8) is 0 Å². The summed E-state index contributed by atoms with van der Waals surface area (Å²) in [6.45, 7) is 2.06. The van der Waals surface area contributed by atoms with E-state index in [1.807, 2.05) is 6.92 Å². The van der Waals surface area contributed by atoms with Crippen LogP contribution in [0.3, 0.4) is 0 Å². The molecule has 0 spiro atoms. The van der Waals surface area contributed by atoms with Crippen LogP contribution in [-0.4, -0.2) is 31.8 Å². The number of nitrogens with zero attached hydrogens (tertiary/aromatic N) is 3. The Morgan fingerprint density at radius 3 is 3.05 bits per heavy atom. The summed E-state index contributed by atoms with van der Waals surface area (Å²) in [6, 6.07) is 5.29. The average Bonchev–Trinajstić information content (AvgIpc) is 2.76. The molecule has 1 atom stereocenters. The number of nitro groups is 1. The van der Waals surface area contributed by atoms with E-state index in [-0.39, 0.29) is 18.3 Å². The maximum Gasteiger partial charge on any atom is 0.351 e. The molecule has 1 unspecified atom stereocenters. The second kappa shape index (κ2) is 6.03. The van der Waals surface area contributed by atoms with E-state index in [1.54, 1.807) is 36.2 Å². The van der Waals surface area contributed by atoms with Crippen LogP contribution in [0.15, 0.2) is 24.4 Å². The van der Waals surface area contributed by atoms with E-state index in [0.29, 0.717) is 17.1 Å². The topological polar surface area (TPSA) is 80.7 Å². The summed E-state index contributed by atoms with van der Waals surface area (Å²) in [5.74, 6) is 1.44. The SMILES string of the molecule is CC(CO)CSCc1nc2ccccn2c1[N+](=O)[O-]. The Morgan fingerprint density at radius 2 is 2.37 bits per heavy atom. The second-order valence-electron chi connectivity index (χ2n) is 4.37. The summed E-state index contributed by atoms with van der Waals surface area (Å²) < 4.78 is 1.49. The van der Waals surface area contributed by atoms with E-state index < -0.39 is 4.92 Å². The molecule has 0 aliphatic carbocycles. The van der Waals surface area contributed by atoms with Crippen molar-refractivity contribution < 1.29 is 10.0 Å². The fourth-order valence-electron chi connectivity index (χ4n) is 1.73.